The van der Waals surface area contributed by atoms with Gasteiger partial charge in [0.15, 0.2) is 0 Å². The Morgan fingerprint density at radius 3 is 2.45 bits per heavy atom. The zero-order valence-electron chi connectivity index (χ0n) is 12.9. The minimum atomic E-state index is -0.122. The predicted octanol–water partition coefficient (Wildman–Crippen LogP) is 3.05. The highest BCUT2D eigenvalue weighted by molar-refractivity contribution is 5.81. The van der Waals surface area contributed by atoms with Gasteiger partial charge in [0.25, 0.3) is 0 Å². The van der Waals surface area contributed by atoms with Gasteiger partial charge in [-0.25, -0.2) is 0 Å². The first-order valence-electron chi connectivity index (χ1n) is 7.70. The van der Waals surface area contributed by atoms with E-state index in [9.17, 15) is 4.79 Å². The molecule has 1 amide bonds. The number of piperidine rings is 1. The first-order chi connectivity index (χ1) is 9.59. The first kappa shape index (κ1) is 15.0. The van der Waals surface area contributed by atoms with Crippen molar-refractivity contribution in [1.82, 2.24) is 10.2 Å². The van der Waals surface area contributed by atoms with Gasteiger partial charge in [-0.1, -0.05) is 24.3 Å². The van der Waals surface area contributed by atoms with Crippen molar-refractivity contribution in [3.05, 3.63) is 35.4 Å². The molecule has 3 nitrogen and oxygen atoms in total. The number of carbonyl (C=O) groups excluding carboxylic acids is 1. The fraction of sp³-hybridized carbons (Fsp3) is 0.588. The number of hydrogen-bond donors (Lipinski definition) is 1. The Morgan fingerprint density at radius 2 is 1.80 bits per heavy atom. The van der Waals surface area contributed by atoms with Gasteiger partial charge in [0.2, 0.25) is 5.91 Å². The van der Waals surface area contributed by atoms with Crippen LogP contribution in [0.3, 0.4) is 0 Å². The minimum absolute atomic E-state index is 0.122. The van der Waals surface area contributed by atoms with E-state index in [0.717, 1.165) is 25.9 Å². The number of nitrogens with zero attached hydrogens (tertiary/aromatic N) is 1. The predicted molar refractivity (Wildman–Crippen MR) is 82.6 cm³/mol. The van der Waals surface area contributed by atoms with Crippen LogP contribution in [0.4, 0.5) is 0 Å². The van der Waals surface area contributed by atoms with Crippen molar-refractivity contribution < 1.29 is 4.79 Å². The van der Waals surface area contributed by atoms with Crippen molar-refractivity contribution in [2.75, 3.05) is 13.1 Å². The van der Waals surface area contributed by atoms with Crippen LogP contribution in [0.1, 0.15) is 50.3 Å². The average Bonchev–Trinajstić information content (AvgIpc) is 2.47. The molecule has 1 aliphatic rings. The summed E-state index contributed by atoms with van der Waals surface area (Å²) >= 11 is 0. The Morgan fingerprint density at radius 1 is 1.15 bits per heavy atom. The molecule has 1 saturated heterocycles. The zero-order chi connectivity index (χ0) is 14.5. The third kappa shape index (κ3) is 3.60. The molecule has 20 heavy (non-hydrogen) atoms. The molecule has 0 spiro atoms. The molecule has 1 aliphatic heterocycles. The van der Waals surface area contributed by atoms with E-state index in [2.05, 4.69) is 37.4 Å². The quantitative estimate of drug-likeness (QED) is 0.915. The third-order valence-electron chi connectivity index (χ3n) is 4.19. The van der Waals surface area contributed by atoms with E-state index in [1.807, 2.05) is 17.9 Å². The third-order valence-corrected chi connectivity index (χ3v) is 4.19. The second-order valence-corrected chi connectivity index (χ2v) is 5.85. The Kier molecular flexibility index (Phi) is 5.18. The molecule has 1 aromatic rings. The summed E-state index contributed by atoms with van der Waals surface area (Å²) in [5, 5.41) is 3.44. The Bertz CT molecular complexity index is 452. The van der Waals surface area contributed by atoms with E-state index in [0.29, 0.717) is 0 Å². The van der Waals surface area contributed by atoms with Crippen LogP contribution >= 0.6 is 0 Å². The number of amides is 1. The van der Waals surface area contributed by atoms with E-state index in [4.69, 9.17) is 0 Å². The molecular weight excluding hydrogens is 248 g/mol. The van der Waals surface area contributed by atoms with Gasteiger partial charge in [-0.3, -0.25) is 10.1 Å². The summed E-state index contributed by atoms with van der Waals surface area (Å²) in [6, 6.07) is 8.42. The van der Waals surface area contributed by atoms with E-state index >= 15 is 0 Å². The van der Waals surface area contributed by atoms with Gasteiger partial charge in [0.05, 0.1) is 6.04 Å². The zero-order valence-corrected chi connectivity index (χ0v) is 12.9. The lowest BCUT2D eigenvalue weighted by Crippen LogP contribution is -2.47. The van der Waals surface area contributed by atoms with Gasteiger partial charge < -0.3 is 4.90 Å². The molecule has 1 aromatic carbocycles. The lowest BCUT2D eigenvalue weighted by Gasteiger charge is -2.31. The molecular formula is C17H26N2O. The van der Waals surface area contributed by atoms with Crippen LogP contribution in [0.25, 0.3) is 0 Å². The molecule has 1 fully saturated rings. The second kappa shape index (κ2) is 6.89. The second-order valence-electron chi connectivity index (χ2n) is 5.85. The van der Waals surface area contributed by atoms with Gasteiger partial charge in [-0.2, -0.15) is 0 Å². The summed E-state index contributed by atoms with van der Waals surface area (Å²) in [7, 11) is 0. The Balaban J connectivity index is 1.95. The molecule has 110 valence electrons. The number of aryl methyl sites for hydroxylation is 1. The molecule has 0 bridgehead atoms. The maximum atomic E-state index is 12.4. The summed E-state index contributed by atoms with van der Waals surface area (Å²) in [5.41, 5.74) is 2.54. The molecule has 1 unspecified atom stereocenters. The lowest BCUT2D eigenvalue weighted by molar-refractivity contribution is -0.134. The molecule has 2 rings (SSSR count). The topological polar surface area (TPSA) is 32.3 Å². The summed E-state index contributed by atoms with van der Waals surface area (Å²) in [6.07, 6.45) is 3.54. The highest BCUT2D eigenvalue weighted by Gasteiger charge is 2.23. The van der Waals surface area contributed by atoms with Crippen LogP contribution in [0, 0.1) is 6.92 Å². The van der Waals surface area contributed by atoms with Crippen molar-refractivity contribution in [3.63, 3.8) is 0 Å². The number of hydrogen-bond acceptors (Lipinski definition) is 2. The number of benzene rings is 1. The molecule has 0 radical (unpaired) electrons. The van der Waals surface area contributed by atoms with Gasteiger partial charge in [-0.15, -0.1) is 0 Å². The molecule has 1 N–H and O–H groups in total. The molecule has 2 atom stereocenters. The van der Waals surface area contributed by atoms with Gasteiger partial charge in [0, 0.05) is 19.1 Å². The maximum Gasteiger partial charge on any atom is 0.239 e. The van der Waals surface area contributed by atoms with Gasteiger partial charge in [0.1, 0.15) is 0 Å². The fourth-order valence-electron chi connectivity index (χ4n) is 3.00. The van der Waals surface area contributed by atoms with Crippen LogP contribution < -0.4 is 5.32 Å². The highest BCUT2D eigenvalue weighted by atomic mass is 16.2. The fourth-order valence-corrected chi connectivity index (χ4v) is 3.00. The van der Waals surface area contributed by atoms with Gasteiger partial charge >= 0.3 is 0 Å². The molecule has 3 heteroatoms. The standard InChI is InChI=1S/C17H26N2O/c1-13-9-5-6-10-16(13)14(2)18-15(3)17(20)19-11-7-4-8-12-19/h5-6,9-10,14-15,18H,4,7-8,11-12H2,1-3H3/t14-,15?/m0/s1. The number of carbonyl (C=O) groups is 1. The Labute approximate surface area is 122 Å². The first-order valence-corrected chi connectivity index (χ1v) is 7.70. The van der Waals surface area contributed by atoms with Crippen LogP contribution in [0.2, 0.25) is 0 Å². The van der Waals surface area contributed by atoms with Crippen molar-refractivity contribution >= 4 is 5.91 Å². The van der Waals surface area contributed by atoms with E-state index < -0.39 is 0 Å². The van der Waals surface area contributed by atoms with Gasteiger partial charge in [-0.05, 0) is 51.2 Å². The average molecular weight is 274 g/mol. The van der Waals surface area contributed by atoms with E-state index in [-0.39, 0.29) is 18.0 Å². The number of likely N-dealkylation sites (tertiary alicyclic amines) is 1. The van der Waals surface area contributed by atoms with E-state index in [1.54, 1.807) is 0 Å². The molecule has 1 heterocycles. The van der Waals surface area contributed by atoms with Crippen molar-refractivity contribution in [2.24, 2.45) is 0 Å². The highest BCUT2D eigenvalue weighted by Crippen LogP contribution is 2.18. The minimum Gasteiger partial charge on any atom is -0.341 e. The lowest BCUT2D eigenvalue weighted by atomic mass is 10.0. The summed E-state index contributed by atoms with van der Waals surface area (Å²) < 4.78 is 0. The molecule has 0 aromatic heterocycles. The molecule has 0 aliphatic carbocycles. The number of nitrogens with one attached hydrogen (secondary N) is 1. The van der Waals surface area contributed by atoms with E-state index in [1.165, 1.54) is 17.5 Å². The molecule has 0 saturated carbocycles. The van der Waals surface area contributed by atoms with Crippen LogP contribution in [-0.4, -0.2) is 29.9 Å². The van der Waals surface area contributed by atoms with Crippen LogP contribution in [-0.2, 0) is 4.79 Å². The van der Waals surface area contributed by atoms with Crippen molar-refractivity contribution in [1.29, 1.82) is 0 Å². The van der Waals surface area contributed by atoms with Crippen LogP contribution in [0.5, 0.6) is 0 Å². The monoisotopic (exact) mass is 274 g/mol. The summed E-state index contributed by atoms with van der Waals surface area (Å²) in [4.78, 5) is 14.4. The summed E-state index contributed by atoms with van der Waals surface area (Å²) in [6.45, 7) is 8.06. The van der Waals surface area contributed by atoms with Crippen molar-refractivity contribution in [2.45, 2.75) is 52.1 Å². The maximum absolute atomic E-state index is 12.4. The largest absolute Gasteiger partial charge is 0.341 e. The normalized spacial score (nSPS) is 18.6. The smallest absolute Gasteiger partial charge is 0.239 e. The van der Waals surface area contributed by atoms with Crippen molar-refractivity contribution in [3.8, 4) is 0 Å². The van der Waals surface area contributed by atoms with Crippen LogP contribution in [0.15, 0.2) is 24.3 Å². The summed E-state index contributed by atoms with van der Waals surface area (Å²) in [5.74, 6) is 0.241. The Hall–Kier alpha value is -1.35. The SMILES string of the molecule is Cc1ccccc1[C@H](C)NC(C)C(=O)N1CCCCC1. The number of rotatable bonds is 4.